The van der Waals surface area contributed by atoms with E-state index < -0.39 is 9.05 Å². The van der Waals surface area contributed by atoms with Gasteiger partial charge in [-0.05, 0) is 13.0 Å². The van der Waals surface area contributed by atoms with Crippen LogP contribution in [0.25, 0.3) is 10.6 Å². The molecule has 0 N–H and O–H groups in total. The Morgan fingerprint density at radius 1 is 1.39 bits per heavy atom. The highest BCUT2D eigenvalue weighted by Crippen LogP contribution is 2.33. The van der Waals surface area contributed by atoms with Gasteiger partial charge in [-0.15, -0.1) is 10.2 Å². The number of nitrogens with zero attached hydrogens (tertiary/aromatic N) is 3. The predicted octanol–water partition coefficient (Wildman–Crippen LogP) is 2.44. The Labute approximate surface area is 142 Å². The molecular formula is C14H14ClN3O3S2. The van der Waals surface area contributed by atoms with Crippen molar-refractivity contribution < 1.29 is 13.2 Å². The summed E-state index contributed by atoms with van der Waals surface area (Å²) in [6.07, 6.45) is 0.158. The van der Waals surface area contributed by atoms with Gasteiger partial charge in [0.05, 0.1) is 5.75 Å². The van der Waals surface area contributed by atoms with Gasteiger partial charge in [-0.3, -0.25) is 9.69 Å². The molecule has 1 aromatic heterocycles. The van der Waals surface area contributed by atoms with Crippen LogP contribution in [0.1, 0.15) is 12.0 Å². The Morgan fingerprint density at radius 3 is 2.87 bits per heavy atom. The van der Waals surface area contributed by atoms with E-state index in [2.05, 4.69) is 10.2 Å². The topological polar surface area (TPSA) is 80.2 Å². The van der Waals surface area contributed by atoms with Gasteiger partial charge in [-0.2, -0.15) is 0 Å². The molecule has 1 amide bonds. The van der Waals surface area contributed by atoms with E-state index in [9.17, 15) is 13.2 Å². The molecule has 23 heavy (non-hydrogen) atoms. The van der Waals surface area contributed by atoms with Crippen molar-refractivity contribution in [1.82, 2.24) is 10.2 Å². The number of carbonyl (C=O) groups excluding carboxylic acids is 1. The summed E-state index contributed by atoms with van der Waals surface area (Å²) in [6.45, 7) is 2.29. The van der Waals surface area contributed by atoms with E-state index in [1.807, 2.05) is 31.2 Å². The Hall–Kier alpha value is -1.51. The van der Waals surface area contributed by atoms with Crippen LogP contribution in [-0.2, 0) is 13.8 Å². The zero-order valence-electron chi connectivity index (χ0n) is 12.3. The lowest BCUT2D eigenvalue weighted by molar-refractivity contribution is -0.117. The predicted molar refractivity (Wildman–Crippen MR) is 90.2 cm³/mol. The first-order valence-corrected chi connectivity index (χ1v) is 10.2. The lowest BCUT2D eigenvalue weighted by Crippen LogP contribution is -2.25. The highest BCUT2D eigenvalue weighted by Gasteiger charge is 2.35. The molecule has 0 saturated carbocycles. The number of rotatable bonds is 4. The van der Waals surface area contributed by atoms with E-state index in [0.29, 0.717) is 11.7 Å². The van der Waals surface area contributed by atoms with E-state index in [0.717, 1.165) is 16.1 Å². The largest absolute Gasteiger partial charge is 0.286 e. The van der Waals surface area contributed by atoms with Crippen LogP contribution in [0.15, 0.2) is 24.3 Å². The normalized spacial score (nSPS) is 18.6. The molecule has 0 bridgehead atoms. The minimum absolute atomic E-state index is 0.151. The molecule has 0 aliphatic carbocycles. The Kier molecular flexibility index (Phi) is 4.39. The van der Waals surface area contributed by atoms with Crippen LogP contribution in [0.3, 0.4) is 0 Å². The average molecular weight is 372 g/mol. The molecule has 1 fully saturated rings. The minimum atomic E-state index is -3.62. The molecule has 0 radical (unpaired) electrons. The molecule has 9 heteroatoms. The van der Waals surface area contributed by atoms with Gasteiger partial charge in [0.1, 0.15) is 5.01 Å². The summed E-state index contributed by atoms with van der Waals surface area (Å²) in [5.41, 5.74) is 2.06. The SMILES string of the molecule is Cc1cccc(-c2nnc(N3CC(CS(=O)(=O)Cl)CC3=O)s2)c1. The molecule has 1 aliphatic rings. The standard InChI is InChI=1S/C14H14ClN3O3S2/c1-9-3-2-4-11(5-9)13-16-17-14(22-13)18-7-10(6-12(18)19)8-23(15,20)21/h2-5,10H,6-8H2,1H3. The summed E-state index contributed by atoms with van der Waals surface area (Å²) in [4.78, 5) is 13.6. The lowest BCUT2D eigenvalue weighted by atomic mass is 10.1. The number of benzene rings is 1. The van der Waals surface area contributed by atoms with Crippen molar-refractivity contribution in [1.29, 1.82) is 0 Å². The van der Waals surface area contributed by atoms with E-state index in [-0.39, 0.29) is 24.0 Å². The van der Waals surface area contributed by atoms with Crippen molar-refractivity contribution in [2.45, 2.75) is 13.3 Å². The highest BCUT2D eigenvalue weighted by molar-refractivity contribution is 8.13. The van der Waals surface area contributed by atoms with E-state index >= 15 is 0 Å². The number of aromatic nitrogens is 2. The van der Waals surface area contributed by atoms with Crippen molar-refractivity contribution in [2.75, 3.05) is 17.2 Å². The number of hydrogen-bond donors (Lipinski definition) is 0. The van der Waals surface area contributed by atoms with E-state index in [4.69, 9.17) is 10.7 Å². The van der Waals surface area contributed by atoms with Crippen LogP contribution in [0, 0.1) is 12.8 Å². The van der Waals surface area contributed by atoms with Crippen LogP contribution < -0.4 is 4.90 Å². The molecule has 0 spiro atoms. The van der Waals surface area contributed by atoms with Gasteiger partial charge in [-0.25, -0.2) is 8.42 Å². The molecule has 6 nitrogen and oxygen atoms in total. The van der Waals surface area contributed by atoms with E-state index in [1.165, 1.54) is 16.2 Å². The Balaban J connectivity index is 1.79. The number of anilines is 1. The zero-order chi connectivity index (χ0) is 16.6. The third-order valence-electron chi connectivity index (χ3n) is 3.55. The third kappa shape index (κ3) is 3.88. The fourth-order valence-corrected chi connectivity index (χ4v) is 4.77. The van der Waals surface area contributed by atoms with Gasteiger partial charge in [-0.1, -0.05) is 35.1 Å². The molecule has 1 saturated heterocycles. The number of carbonyl (C=O) groups is 1. The first-order chi connectivity index (χ1) is 10.8. The van der Waals surface area contributed by atoms with Gasteiger partial charge >= 0.3 is 0 Å². The maximum absolute atomic E-state index is 12.1. The number of hydrogen-bond acceptors (Lipinski definition) is 6. The molecule has 2 heterocycles. The minimum Gasteiger partial charge on any atom is -0.286 e. The molecule has 122 valence electrons. The molecule has 1 atom stereocenters. The summed E-state index contributed by atoms with van der Waals surface area (Å²) in [5, 5.41) is 9.43. The number of amides is 1. The first kappa shape index (κ1) is 16.4. The lowest BCUT2D eigenvalue weighted by Gasteiger charge is -2.11. The van der Waals surface area contributed by atoms with Crippen LogP contribution in [-0.4, -0.2) is 36.8 Å². The monoisotopic (exact) mass is 371 g/mol. The second-order valence-corrected chi connectivity index (χ2v) is 9.32. The van der Waals surface area contributed by atoms with Gasteiger partial charge in [0.2, 0.25) is 20.1 Å². The maximum Gasteiger partial charge on any atom is 0.232 e. The summed E-state index contributed by atoms with van der Waals surface area (Å²) in [5.74, 6) is -0.668. The van der Waals surface area contributed by atoms with Crippen LogP contribution in [0.5, 0.6) is 0 Å². The van der Waals surface area contributed by atoms with Crippen molar-refractivity contribution in [3.63, 3.8) is 0 Å². The smallest absolute Gasteiger partial charge is 0.232 e. The summed E-state index contributed by atoms with van der Waals surface area (Å²) in [6, 6.07) is 7.87. The van der Waals surface area contributed by atoms with Gasteiger partial charge in [0, 0.05) is 35.1 Å². The van der Waals surface area contributed by atoms with Crippen molar-refractivity contribution >= 4 is 42.1 Å². The second kappa shape index (κ2) is 6.18. The van der Waals surface area contributed by atoms with Crippen LogP contribution in [0.4, 0.5) is 5.13 Å². The number of aryl methyl sites for hydroxylation is 1. The Morgan fingerprint density at radius 2 is 2.17 bits per heavy atom. The average Bonchev–Trinajstić information content (AvgIpc) is 3.03. The fourth-order valence-electron chi connectivity index (χ4n) is 2.58. The number of halogens is 1. The van der Waals surface area contributed by atoms with Crippen molar-refractivity contribution in [3.05, 3.63) is 29.8 Å². The molecule has 3 rings (SSSR count). The van der Waals surface area contributed by atoms with Crippen LogP contribution in [0.2, 0.25) is 0 Å². The summed E-state index contributed by atoms with van der Waals surface area (Å²) < 4.78 is 22.3. The van der Waals surface area contributed by atoms with E-state index in [1.54, 1.807) is 0 Å². The maximum atomic E-state index is 12.1. The van der Waals surface area contributed by atoms with Gasteiger partial charge in [0.25, 0.3) is 0 Å². The highest BCUT2D eigenvalue weighted by atomic mass is 35.7. The van der Waals surface area contributed by atoms with Crippen LogP contribution >= 0.6 is 22.0 Å². The molecule has 1 unspecified atom stereocenters. The third-order valence-corrected chi connectivity index (χ3v) is 5.79. The molecule has 1 aliphatic heterocycles. The molecular weight excluding hydrogens is 358 g/mol. The molecule has 2 aromatic rings. The summed E-state index contributed by atoms with van der Waals surface area (Å²) >= 11 is 1.32. The fraction of sp³-hybridized carbons (Fsp3) is 0.357. The van der Waals surface area contributed by atoms with Crippen molar-refractivity contribution in [2.24, 2.45) is 5.92 Å². The quantitative estimate of drug-likeness (QED) is 0.771. The Bertz CT molecular complexity index is 850. The molecule has 1 aromatic carbocycles. The van der Waals surface area contributed by atoms with Gasteiger partial charge < -0.3 is 0 Å². The summed E-state index contributed by atoms with van der Waals surface area (Å²) in [7, 11) is 1.65. The second-order valence-electron chi connectivity index (χ2n) is 5.54. The first-order valence-electron chi connectivity index (χ1n) is 6.95. The van der Waals surface area contributed by atoms with Gasteiger partial charge in [0.15, 0.2) is 0 Å². The zero-order valence-corrected chi connectivity index (χ0v) is 14.7. The van der Waals surface area contributed by atoms with Crippen molar-refractivity contribution in [3.8, 4) is 10.6 Å².